The van der Waals surface area contributed by atoms with Gasteiger partial charge in [-0.15, -0.1) is 0 Å². The molecule has 1 atom stereocenters. The Kier molecular flexibility index (Phi) is 4.58. The summed E-state index contributed by atoms with van der Waals surface area (Å²) in [6.45, 7) is 1.61. The maximum Gasteiger partial charge on any atom is 0.0583 e. The highest BCUT2D eigenvalue weighted by Gasteiger charge is 2.20. The third-order valence-electron chi connectivity index (χ3n) is 2.23. The molecule has 1 unspecified atom stereocenters. The molecule has 3 N–H and O–H groups in total. The lowest BCUT2D eigenvalue weighted by Crippen LogP contribution is -2.25. The van der Waals surface area contributed by atoms with Crippen molar-refractivity contribution in [1.82, 2.24) is 0 Å². The van der Waals surface area contributed by atoms with Gasteiger partial charge < -0.3 is 15.6 Å². The van der Waals surface area contributed by atoms with Crippen molar-refractivity contribution in [3.05, 3.63) is 0 Å². The van der Waals surface area contributed by atoms with Gasteiger partial charge in [0.2, 0.25) is 0 Å². The molecule has 1 fully saturated rings. The third kappa shape index (κ3) is 4.70. The van der Waals surface area contributed by atoms with Gasteiger partial charge in [-0.3, -0.25) is 0 Å². The second-order valence-corrected chi connectivity index (χ2v) is 3.58. The zero-order valence-electron chi connectivity index (χ0n) is 7.54. The van der Waals surface area contributed by atoms with Crippen molar-refractivity contribution in [3.63, 3.8) is 0 Å². The largest absolute Gasteiger partial charge is 0.395 e. The molecule has 0 aliphatic heterocycles. The molecule has 0 spiro atoms. The Morgan fingerprint density at radius 1 is 1.42 bits per heavy atom. The van der Waals surface area contributed by atoms with Crippen LogP contribution in [-0.4, -0.2) is 31.0 Å². The molecule has 1 aliphatic carbocycles. The summed E-state index contributed by atoms with van der Waals surface area (Å²) in [7, 11) is 0. The molecule has 12 heavy (non-hydrogen) atoms. The van der Waals surface area contributed by atoms with Crippen LogP contribution in [0.2, 0.25) is 0 Å². The Hall–Kier alpha value is -0.120. The van der Waals surface area contributed by atoms with Gasteiger partial charge in [0, 0.05) is 19.3 Å². The Bertz CT molecular complexity index is 115. The van der Waals surface area contributed by atoms with E-state index in [-0.39, 0.29) is 12.6 Å². The second kappa shape index (κ2) is 5.51. The molecule has 3 nitrogen and oxygen atoms in total. The Balaban J connectivity index is 1.75. The van der Waals surface area contributed by atoms with Gasteiger partial charge in [0.15, 0.2) is 0 Å². The first-order chi connectivity index (χ1) is 5.83. The number of rotatable bonds is 7. The highest BCUT2D eigenvalue weighted by atomic mass is 16.5. The molecule has 1 aliphatic rings. The van der Waals surface area contributed by atoms with Crippen molar-refractivity contribution >= 4 is 0 Å². The summed E-state index contributed by atoms with van der Waals surface area (Å²) >= 11 is 0. The van der Waals surface area contributed by atoms with Gasteiger partial charge in [-0.1, -0.05) is 12.8 Å². The standard InChI is InChI=1S/C9H19NO2/c10-9(7-11)4-6-12-5-3-8-1-2-8/h8-9,11H,1-7,10H2. The van der Waals surface area contributed by atoms with Crippen LogP contribution in [0.3, 0.4) is 0 Å². The summed E-state index contributed by atoms with van der Waals surface area (Å²) in [5, 5.41) is 8.61. The van der Waals surface area contributed by atoms with Crippen LogP contribution in [0, 0.1) is 5.92 Å². The van der Waals surface area contributed by atoms with Gasteiger partial charge in [-0.2, -0.15) is 0 Å². The smallest absolute Gasteiger partial charge is 0.0583 e. The molecule has 1 rings (SSSR count). The quantitative estimate of drug-likeness (QED) is 0.552. The first-order valence-electron chi connectivity index (χ1n) is 4.77. The molecular weight excluding hydrogens is 154 g/mol. The fourth-order valence-corrected chi connectivity index (χ4v) is 1.08. The zero-order chi connectivity index (χ0) is 8.81. The molecule has 0 aromatic heterocycles. The van der Waals surface area contributed by atoms with E-state index in [0.29, 0.717) is 6.61 Å². The molecular formula is C9H19NO2. The maximum atomic E-state index is 8.61. The van der Waals surface area contributed by atoms with E-state index < -0.39 is 0 Å². The molecule has 0 saturated heterocycles. The summed E-state index contributed by atoms with van der Waals surface area (Å²) in [6, 6.07) is -0.106. The van der Waals surface area contributed by atoms with Crippen LogP contribution in [0.5, 0.6) is 0 Å². The summed E-state index contributed by atoms with van der Waals surface area (Å²) in [5.41, 5.74) is 5.50. The molecule has 0 aromatic rings. The Labute approximate surface area is 73.9 Å². The van der Waals surface area contributed by atoms with E-state index in [1.54, 1.807) is 0 Å². The number of nitrogens with two attached hydrogens (primary N) is 1. The van der Waals surface area contributed by atoms with Crippen LogP contribution in [0.15, 0.2) is 0 Å². The van der Waals surface area contributed by atoms with Gasteiger partial charge in [-0.05, 0) is 18.8 Å². The fraction of sp³-hybridized carbons (Fsp3) is 1.00. The molecule has 1 saturated carbocycles. The predicted molar refractivity (Wildman–Crippen MR) is 47.8 cm³/mol. The molecule has 0 aromatic carbocycles. The Morgan fingerprint density at radius 2 is 2.17 bits per heavy atom. The number of aliphatic hydroxyl groups excluding tert-OH is 1. The molecule has 0 radical (unpaired) electrons. The van der Waals surface area contributed by atoms with Gasteiger partial charge in [0.05, 0.1) is 6.61 Å². The van der Waals surface area contributed by atoms with E-state index >= 15 is 0 Å². The van der Waals surface area contributed by atoms with Crippen LogP contribution in [0.25, 0.3) is 0 Å². The van der Waals surface area contributed by atoms with Crippen LogP contribution >= 0.6 is 0 Å². The normalized spacial score (nSPS) is 19.5. The number of aliphatic hydroxyl groups is 1. The van der Waals surface area contributed by atoms with E-state index in [0.717, 1.165) is 18.9 Å². The van der Waals surface area contributed by atoms with Gasteiger partial charge in [-0.25, -0.2) is 0 Å². The minimum absolute atomic E-state index is 0.0615. The number of ether oxygens (including phenoxy) is 1. The van der Waals surface area contributed by atoms with Crippen LogP contribution < -0.4 is 5.73 Å². The van der Waals surface area contributed by atoms with Crippen molar-refractivity contribution in [2.24, 2.45) is 11.7 Å². The average molecular weight is 173 g/mol. The number of hydrogen-bond acceptors (Lipinski definition) is 3. The minimum Gasteiger partial charge on any atom is -0.395 e. The maximum absolute atomic E-state index is 8.61. The molecule has 0 heterocycles. The van der Waals surface area contributed by atoms with Gasteiger partial charge >= 0.3 is 0 Å². The third-order valence-corrected chi connectivity index (χ3v) is 2.23. The summed E-state index contributed by atoms with van der Waals surface area (Å²) < 4.78 is 5.37. The summed E-state index contributed by atoms with van der Waals surface area (Å²) in [4.78, 5) is 0. The molecule has 0 bridgehead atoms. The van der Waals surface area contributed by atoms with E-state index in [1.165, 1.54) is 19.3 Å². The predicted octanol–water partition coefficient (Wildman–Crippen LogP) is 0.513. The average Bonchev–Trinajstić information content (AvgIpc) is 2.87. The molecule has 3 heteroatoms. The van der Waals surface area contributed by atoms with Gasteiger partial charge in [0.1, 0.15) is 0 Å². The first kappa shape index (κ1) is 9.96. The lowest BCUT2D eigenvalue weighted by atomic mass is 10.2. The monoisotopic (exact) mass is 173 g/mol. The SMILES string of the molecule is NC(CO)CCOCCC1CC1. The summed E-state index contributed by atoms with van der Waals surface area (Å²) in [6.07, 6.45) is 4.74. The molecule has 0 amide bonds. The molecule has 72 valence electrons. The van der Waals surface area contributed by atoms with E-state index in [1.807, 2.05) is 0 Å². The van der Waals surface area contributed by atoms with Crippen molar-refractivity contribution in [2.75, 3.05) is 19.8 Å². The highest BCUT2D eigenvalue weighted by Crippen LogP contribution is 2.31. The lowest BCUT2D eigenvalue weighted by Gasteiger charge is -2.07. The van der Waals surface area contributed by atoms with E-state index in [9.17, 15) is 0 Å². The van der Waals surface area contributed by atoms with Crippen molar-refractivity contribution in [3.8, 4) is 0 Å². The van der Waals surface area contributed by atoms with Crippen LogP contribution in [0.1, 0.15) is 25.7 Å². The van der Waals surface area contributed by atoms with Crippen molar-refractivity contribution in [2.45, 2.75) is 31.7 Å². The highest BCUT2D eigenvalue weighted by molar-refractivity contribution is 4.72. The first-order valence-corrected chi connectivity index (χ1v) is 4.77. The topological polar surface area (TPSA) is 55.5 Å². The zero-order valence-corrected chi connectivity index (χ0v) is 7.54. The van der Waals surface area contributed by atoms with E-state index in [2.05, 4.69) is 0 Å². The minimum atomic E-state index is -0.106. The Morgan fingerprint density at radius 3 is 2.75 bits per heavy atom. The van der Waals surface area contributed by atoms with Crippen molar-refractivity contribution < 1.29 is 9.84 Å². The fourth-order valence-electron chi connectivity index (χ4n) is 1.08. The lowest BCUT2D eigenvalue weighted by molar-refractivity contribution is 0.114. The number of hydrogen-bond donors (Lipinski definition) is 2. The van der Waals surface area contributed by atoms with Crippen molar-refractivity contribution in [1.29, 1.82) is 0 Å². The van der Waals surface area contributed by atoms with Crippen LogP contribution in [-0.2, 0) is 4.74 Å². The van der Waals surface area contributed by atoms with E-state index in [4.69, 9.17) is 15.6 Å². The second-order valence-electron chi connectivity index (χ2n) is 3.58. The summed E-state index contributed by atoms with van der Waals surface area (Å²) in [5.74, 6) is 0.941. The van der Waals surface area contributed by atoms with Crippen LogP contribution in [0.4, 0.5) is 0 Å². The van der Waals surface area contributed by atoms with Gasteiger partial charge in [0.25, 0.3) is 0 Å².